The molecular weight excluding hydrogens is 284 g/mol. The van der Waals surface area contributed by atoms with E-state index in [0.717, 1.165) is 23.5 Å². The molecule has 0 saturated carbocycles. The molecule has 5 heterocycles. The van der Waals surface area contributed by atoms with Crippen LogP contribution < -0.4 is 5.48 Å². The predicted molar refractivity (Wildman–Crippen MR) is 82.3 cm³/mol. The standard InChI is InChI=1S/C15H16N4OS/c1-2-12-13(21-9-16-12)7-10(1)14-17-15(20-18-14)8-19-5-3-11(15)4-6-19/h1-2,7,9,11H,3-6,8H2,(H,17,18). The van der Waals surface area contributed by atoms with Crippen LogP contribution in [0.25, 0.3) is 10.2 Å². The van der Waals surface area contributed by atoms with Crippen LogP contribution in [0.15, 0.2) is 28.7 Å². The minimum absolute atomic E-state index is 0.367. The lowest BCUT2D eigenvalue weighted by molar-refractivity contribution is -0.155. The van der Waals surface area contributed by atoms with Gasteiger partial charge in [0.1, 0.15) is 0 Å². The molecule has 1 atom stereocenters. The van der Waals surface area contributed by atoms with Gasteiger partial charge < -0.3 is 0 Å². The van der Waals surface area contributed by atoms with Crippen LogP contribution in [0.1, 0.15) is 18.4 Å². The van der Waals surface area contributed by atoms with Crippen LogP contribution in [-0.4, -0.2) is 41.1 Å². The van der Waals surface area contributed by atoms with E-state index in [4.69, 9.17) is 9.83 Å². The van der Waals surface area contributed by atoms with Crippen molar-refractivity contribution in [3.8, 4) is 0 Å². The van der Waals surface area contributed by atoms with E-state index in [-0.39, 0.29) is 5.72 Å². The van der Waals surface area contributed by atoms with Gasteiger partial charge >= 0.3 is 0 Å². The minimum atomic E-state index is -0.367. The molecule has 1 spiro atoms. The number of thiazole rings is 1. The second kappa shape index (κ2) is 4.25. The van der Waals surface area contributed by atoms with Gasteiger partial charge in [-0.2, -0.15) is 0 Å². The van der Waals surface area contributed by atoms with Gasteiger partial charge in [-0.1, -0.05) is 0 Å². The van der Waals surface area contributed by atoms with Crippen LogP contribution in [-0.2, 0) is 4.84 Å². The monoisotopic (exact) mass is 300 g/mol. The number of hydrogen-bond donors (Lipinski definition) is 1. The van der Waals surface area contributed by atoms with Crippen LogP contribution in [0.4, 0.5) is 0 Å². The van der Waals surface area contributed by atoms with E-state index in [1.54, 1.807) is 11.3 Å². The van der Waals surface area contributed by atoms with Gasteiger partial charge in [0, 0.05) is 11.5 Å². The highest BCUT2D eigenvalue weighted by atomic mass is 32.1. The first kappa shape index (κ1) is 12.1. The highest BCUT2D eigenvalue weighted by Gasteiger charge is 2.51. The van der Waals surface area contributed by atoms with Crippen molar-refractivity contribution in [3.05, 3.63) is 29.3 Å². The van der Waals surface area contributed by atoms with E-state index < -0.39 is 0 Å². The lowest BCUT2D eigenvalue weighted by Crippen LogP contribution is -2.58. The summed E-state index contributed by atoms with van der Waals surface area (Å²) in [4.78, 5) is 17.7. The predicted octanol–water partition coefficient (Wildman–Crippen LogP) is 2.00. The number of aromatic nitrogens is 1. The van der Waals surface area contributed by atoms with Gasteiger partial charge in [0.2, 0.25) is 5.72 Å². The van der Waals surface area contributed by atoms with Gasteiger partial charge in [-0.3, -0.25) is 4.90 Å². The maximum absolute atomic E-state index is 5.97. The van der Waals surface area contributed by atoms with Gasteiger partial charge in [-0.15, -0.1) is 11.3 Å². The van der Waals surface area contributed by atoms with E-state index in [2.05, 4.69) is 27.5 Å². The fraction of sp³-hybridized carbons (Fsp3) is 0.467. The third kappa shape index (κ3) is 1.76. The first-order chi connectivity index (χ1) is 10.3. The molecule has 6 rings (SSSR count). The molecule has 1 aromatic heterocycles. The second-order valence-electron chi connectivity index (χ2n) is 6.09. The molecule has 3 fully saturated rings. The normalized spacial score (nSPS) is 34.4. The summed E-state index contributed by atoms with van der Waals surface area (Å²) in [5.41, 5.74) is 6.72. The smallest absolute Gasteiger partial charge is 0.202 e. The second-order valence-corrected chi connectivity index (χ2v) is 6.98. The summed E-state index contributed by atoms with van der Waals surface area (Å²) in [6.45, 7) is 3.29. The molecule has 1 aromatic carbocycles. The number of aliphatic imine (C=N–C) groups is 1. The van der Waals surface area contributed by atoms with Crippen molar-refractivity contribution in [1.29, 1.82) is 0 Å². The summed E-state index contributed by atoms with van der Waals surface area (Å²) >= 11 is 1.66. The maximum Gasteiger partial charge on any atom is 0.202 e. The van der Waals surface area contributed by atoms with Gasteiger partial charge in [0.25, 0.3) is 0 Å². The molecule has 5 nitrogen and oxygen atoms in total. The highest BCUT2D eigenvalue weighted by molar-refractivity contribution is 7.16. The molecule has 1 unspecified atom stereocenters. The zero-order valence-corrected chi connectivity index (χ0v) is 12.4. The van der Waals surface area contributed by atoms with Gasteiger partial charge in [-0.25, -0.2) is 20.3 Å². The van der Waals surface area contributed by atoms with Crippen molar-refractivity contribution >= 4 is 27.4 Å². The van der Waals surface area contributed by atoms with Crippen LogP contribution in [0, 0.1) is 5.92 Å². The van der Waals surface area contributed by atoms with Crippen molar-refractivity contribution in [1.82, 2.24) is 15.4 Å². The maximum atomic E-state index is 5.97. The van der Waals surface area contributed by atoms with Crippen LogP contribution >= 0.6 is 11.3 Å². The Morgan fingerprint density at radius 2 is 2.24 bits per heavy atom. The molecule has 4 aliphatic heterocycles. The van der Waals surface area contributed by atoms with Crippen LogP contribution in [0.2, 0.25) is 0 Å². The van der Waals surface area contributed by atoms with Crippen molar-refractivity contribution in [3.63, 3.8) is 0 Å². The molecule has 1 N–H and O–H groups in total. The molecule has 2 aromatic rings. The molecule has 4 aliphatic rings. The number of hydrogen-bond acceptors (Lipinski definition) is 6. The Morgan fingerprint density at radius 1 is 1.33 bits per heavy atom. The lowest BCUT2D eigenvalue weighted by atomic mass is 9.81. The van der Waals surface area contributed by atoms with Gasteiger partial charge in [0.05, 0.1) is 22.3 Å². The van der Waals surface area contributed by atoms with E-state index in [0.29, 0.717) is 5.92 Å². The zero-order valence-electron chi connectivity index (χ0n) is 11.6. The van der Waals surface area contributed by atoms with Crippen molar-refractivity contribution in [2.45, 2.75) is 18.6 Å². The number of rotatable bonds is 1. The Kier molecular flexibility index (Phi) is 2.45. The van der Waals surface area contributed by atoms with Crippen molar-refractivity contribution < 1.29 is 4.84 Å². The van der Waals surface area contributed by atoms with Crippen molar-refractivity contribution in [2.24, 2.45) is 10.9 Å². The largest absolute Gasteiger partial charge is 0.298 e. The number of piperidine rings is 3. The van der Waals surface area contributed by atoms with E-state index in [1.807, 2.05) is 11.6 Å². The molecule has 6 heteroatoms. The number of benzene rings is 1. The Morgan fingerprint density at radius 3 is 3.05 bits per heavy atom. The SMILES string of the molecule is c1nc2ccc(C3=NC4(CN5CCC4CC5)ON3)cc2s1. The lowest BCUT2D eigenvalue weighted by Gasteiger charge is -2.47. The molecular formula is C15H16N4OS. The Hall–Kier alpha value is -1.50. The van der Waals surface area contributed by atoms with Crippen LogP contribution in [0.5, 0.6) is 0 Å². The van der Waals surface area contributed by atoms with E-state index >= 15 is 0 Å². The summed E-state index contributed by atoms with van der Waals surface area (Å²) in [5, 5.41) is 0. The number of nitrogens with one attached hydrogen (secondary N) is 1. The first-order valence-electron chi connectivity index (χ1n) is 7.42. The summed E-state index contributed by atoms with van der Waals surface area (Å²) in [6, 6.07) is 6.26. The minimum Gasteiger partial charge on any atom is -0.298 e. The molecule has 108 valence electrons. The highest BCUT2D eigenvalue weighted by Crippen LogP contribution is 2.41. The first-order valence-corrected chi connectivity index (χ1v) is 8.30. The number of fused-ring (bicyclic) bond motifs is 3. The Bertz CT molecular complexity index is 734. The molecule has 3 saturated heterocycles. The average Bonchev–Trinajstić information content (AvgIpc) is 3.15. The Balaban J connectivity index is 1.53. The summed E-state index contributed by atoms with van der Waals surface area (Å²) in [6.07, 6.45) is 2.37. The molecule has 0 aliphatic carbocycles. The van der Waals surface area contributed by atoms with E-state index in [1.165, 1.54) is 30.6 Å². The van der Waals surface area contributed by atoms with Gasteiger partial charge in [0.15, 0.2) is 5.84 Å². The fourth-order valence-electron chi connectivity index (χ4n) is 3.73. The number of nitrogens with zero attached hydrogens (tertiary/aromatic N) is 3. The average molecular weight is 300 g/mol. The molecule has 21 heavy (non-hydrogen) atoms. The molecule has 2 bridgehead atoms. The third-order valence-electron chi connectivity index (χ3n) is 4.91. The molecule has 0 radical (unpaired) electrons. The molecule has 0 amide bonds. The third-order valence-corrected chi connectivity index (χ3v) is 5.70. The zero-order chi connectivity index (χ0) is 13.9. The van der Waals surface area contributed by atoms with E-state index in [9.17, 15) is 0 Å². The van der Waals surface area contributed by atoms with Crippen molar-refractivity contribution in [2.75, 3.05) is 19.6 Å². The Labute approximate surface area is 126 Å². The summed E-state index contributed by atoms with van der Waals surface area (Å²) in [7, 11) is 0. The number of hydroxylamine groups is 1. The quantitative estimate of drug-likeness (QED) is 0.875. The topological polar surface area (TPSA) is 49.8 Å². The summed E-state index contributed by atoms with van der Waals surface area (Å²) < 4.78 is 1.19. The fourth-order valence-corrected chi connectivity index (χ4v) is 4.45. The number of amidine groups is 1. The van der Waals surface area contributed by atoms with Gasteiger partial charge in [-0.05, 0) is 44.1 Å². The van der Waals surface area contributed by atoms with Crippen LogP contribution in [0.3, 0.4) is 0 Å². The summed E-state index contributed by atoms with van der Waals surface area (Å²) in [5.74, 6) is 1.40.